The Hall–Kier alpha value is -2.27. The van der Waals surface area contributed by atoms with Crippen LogP contribution in [-0.2, 0) is 0 Å². The molecule has 0 aliphatic heterocycles. The molecule has 0 saturated heterocycles. The van der Waals surface area contributed by atoms with Crippen LogP contribution in [0.2, 0.25) is 0 Å². The third kappa shape index (κ3) is 2.40. The molecular weight excluding hydrogens is 268 g/mol. The van der Waals surface area contributed by atoms with Gasteiger partial charge in [-0.05, 0) is 31.2 Å². The molecule has 1 N–H and O–H groups in total. The van der Waals surface area contributed by atoms with E-state index in [9.17, 15) is 0 Å². The Kier molecular flexibility index (Phi) is 3.43. The van der Waals surface area contributed by atoms with Crippen LogP contribution in [-0.4, -0.2) is 22.0 Å². The van der Waals surface area contributed by atoms with Gasteiger partial charge < -0.3 is 5.32 Å². The van der Waals surface area contributed by atoms with E-state index in [-0.39, 0.29) is 0 Å². The average Bonchev–Trinajstić information content (AvgIpc) is 2.90. The summed E-state index contributed by atoms with van der Waals surface area (Å²) < 4.78 is 0. The predicted molar refractivity (Wildman–Crippen MR) is 82.9 cm³/mol. The van der Waals surface area contributed by atoms with Gasteiger partial charge in [0.1, 0.15) is 10.8 Å². The fourth-order valence-electron chi connectivity index (χ4n) is 1.95. The summed E-state index contributed by atoms with van der Waals surface area (Å²) in [5.41, 5.74) is 2.98. The van der Waals surface area contributed by atoms with Crippen LogP contribution in [0.25, 0.3) is 21.1 Å². The molecule has 0 radical (unpaired) electrons. The van der Waals surface area contributed by atoms with Gasteiger partial charge >= 0.3 is 0 Å². The first kappa shape index (κ1) is 12.7. The third-order valence-electron chi connectivity index (χ3n) is 2.94. The summed E-state index contributed by atoms with van der Waals surface area (Å²) in [5.74, 6) is 0.859. The molecule has 0 aliphatic carbocycles. The molecule has 0 unspecified atom stereocenters. The van der Waals surface area contributed by atoms with Crippen molar-refractivity contribution in [3.05, 3.63) is 48.4 Å². The van der Waals surface area contributed by atoms with Gasteiger partial charge in [-0.15, -0.1) is 11.3 Å². The molecule has 100 valence electrons. The molecule has 0 atom stereocenters. The molecule has 3 rings (SSSR count). The normalized spacial score (nSPS) is 10.5. The minimum atomic E-state index is 0.859. The van der Waals surface area contributed by atoms with Crippen molar-refractivity contribution >= 4 is 17.2 Å². The third-order valence-corrected chi connectivity index (χ3v) is 4.17. The van der Waals surface area contributed by atoms with Gasteiger partial charge in [-0.1, -0.05) is 6.07 Å². The van der Waals surface area contributed by atoms with Crippen LogP contribution in [0.1, 0.15) is 5.69 Å². The molecule has 4 nitrogen and oxygen atoms in total. The molecule has 0 saturated carbocycles. The van der Waals surface area contributed by atoms with Gasteiger partial charge in [0, 0.05) is 25.0 Å². The van der Waals surface area contributed by atoms with E-state index >= 15 is 0 Å². The summed E-state index contributed by atoms with van der Waals surface area (Å²) in [5, 5.41) is 4.03. The van der Waals surface area contributed by atoms with Crippen LogP contribution in [0.3, 0.4) is 0 Å². The number of thiazole rings is 1. The van der Waals surface area contributed by atoms with Crippen molar-refractivity contribution in [3.8, 4) is 21.1 Å². The van der Waals surface area contributed by atoms with Crippen molar-refractivity contribution in [3.63, 3.8) is 0 Å². The van der Waals surface area contributed by atoms with E-state index in [4.69, 9.17) is 0 Å². The van der Waals surface area contributed by atoms with E-state index in [0.29, 0.717) is 0 Å². The lowest BCUT2D eigenvalue weighted by molar-refractivity contribution is 1.23. The van der Waals surface area contributed by atoms with Gasteiger partial charge in [-0.2, -0.15) is 0 Å². The second-order valence-corrected chi connectivity index (χ2v) is 5.33. The molecule has 5 heteroatoms. The van der Waals surface area contributed by atoms with E-state index in [1.54, 1.807) is 17.5 Å². The number of anilines is 1. The van der Waals surface area contributed by atoms with Crippen molar-refractivity contribution in [2.75, 3.05) is 12.4 Å². The Bertz CT molecular complexity index is 722. The van der Waals surface area contributed by atoms with E-state index in [2.05, 4.69) is 20.3 Å². The maximum absolute atomic E-state index is 4.63. The van der Waals surface area contributed by atoms with Crippen molar-refractivity contribution in [1.82, 2.24) is 15.0 Å². The highest BCUT2D eigenvalue weighted by Gasteiger charge is 2.12. The summed E-state index contributed by atoms with van der Waals surface area (Å²) >= 11 is 1.64. The largest absolute Gasteiger partial charge is 0.373 e. The lowest BCUT2D eigenvalue weighted by Gasteiger charge is -2.01. The monoisotopic (exact) mass is 282 g/mol. The van der Waals surface area contributed by atoms with Gasteiger partial charge in [-0.3, -0.25) is 4.98 Å². The van der Waals surface area contributed by atoms with E-state index in [1.165, 1.54) is 0 Å². The van der Waals surface area contributed by atoms with Gasteiger partial charge in [0.15, 0.2) is 0 Å². The first-order valence-electron chi connectivity index (χ1n) is 6.31. The minimum Gasteiger partial charge on any atom is -0.373 e. The summed E-state index contributed by atoms with van der Waals surface area (Å²) in [6.07, 6.45) is 3.60. The number of pyridine rings is 2. The Morgan fingerprint density at radius 2 is 2.00 bits per heavy atom. The van der Waals surface area contributed by atoms with E-state index in [0.717, 1.165) is 32.7 Å². The molecule has 0 spiro atoms. The van der Waals surface area contributed by atoms with Gasteiger partial charge in [0.25, 0.3) is 0 Å². The van der Waals surface area contributed by atoms with Gasteiger partial charge in [0.2, 0.25) is 0 Å². The number of aromatic nitrogens is 3. The SMILES string of the molecule is CNc1cccc(-c2sc(-c3cccnc3)nc2C)n1. The molecule has 0 amide bonds. The Morgan fingerprint density at radius 3 is 2.75 bits per heavy atom. The summed E-state index contributed by atoms with van der Waals surface area (Å²) in [7, 11) is 1.87. The fraction of sp³-hybridized carbons (Fsp3) is 0.133. The van der Waals surface area contributed by atoms with Crippen LogP contribution < -0.4 is 5.32 Å². The maximum atomic E-state index is 4.63. The maximum Gasteiger partial charge on any atom is 0.126 e. The second-order valence-electron chi connectivity index (χ2n) is 4.33. The van der Waals surface area contributed by atoms with Crippen LogP contribution >= 0.6 is 11.3 Å². The Balaban J connectivity index is 2.05. The van der Waals surface area contributed by atoms with Gasteiger partial charge in [-0.25, -0.2) is 9.97 Å². The summed E-state index contributed by atoms with van der Waals surface area (Å²) in [6.45, 7) is 2.01. The Morgan fingerprint density at radius 1 is 1.10 bits per heavy atom. The van der Waals surface area contributed by atoms with Crippen molar-refractivity contribution in [2.24, 2.45) is 0 Å². The number of rotatable bonds is 3. The molecule has 3 heterocycles. The molecular formula is C15H14N4S. The second kappa shape index (κ2) is 5.38. The number of nitrogens with one attached hydrogen (secondary N) is 1. The topological polar surface area (TPSA) is 50.7 Å². The zero-order valence-corrected chi connectivity index (χ0v) is 12.1. The zero-order valence-electron chi connectivity index (χ0n) is 11.3. The lowest BCUT2D eigenvalue weighted by Crippen LogP contribution is -1.92. The van der Waals surface area contributed by atoms with Crippen molar-refractivity contribution < 1.29 is 0 Å². The molecule has 20 heavy (non-hydrogen) atoms. The fourth-order valence-corrected chi connectivity index (χ4v) is 2.97. The van der Waals surface area contributed by atoms with Crippen LogP contribution in [0.4, 0.5) is 5.82 Å². The van der Waals surface area contributed by atoms with E-state index in [1.807, 2.05) is 50.5 Å². The quantitative estimate of drug-likeness (QED) is 0.797. The Labute approximate surface area is 121 Å². The molecule has 0 bridgehead atoms. The predicted octanol–water partition coefficient (Wildman–Crippen LogP) is 3.62. The molecule has 0 aromatic carbocycles. The van der Waals surface area contributed by atoms with Crippen molar-refractivity contribution in [2.45, 2.75) is 6.92 Å². The first-order valence-corrected chi connectivity index (χ1v) is 7.12. The molecule has 0 fully saturated rings. The number of aryl methyl sites for hydroxylation is 1. The summed E-state index contributed by atoms with van der Waals surface area (Å²) in [4.78, 5) is 14.4. The average molecular weight is 282 g/mol. The smallest absolute Gasteiger partial charge is 0.126 e. The molecule has 3 aromatic heterocycles. The highest BCUT2D eigenvalue weighted by atomic mass is 32.1. The lowest BCUT2D eigenvalue weighted by atomic mass is 10.2. The van der Waals surface area contributed by atoms with Crippen molar-refractivity contribution in [1.29, 1.82) is 0 Å². The first-order chi connectivity index (χ1) is 9.78. The highest BCUT2D eigenvalue weighted by molar-refractivity contribution is 7.18. The van der Waals surface area contributed by atoms with Gasteiger partial charge in [0.05, 0.1) is 16.3 Å². The van der Waals surface area contributed by atoms with Crippen LogP contribution in [0, 0.1) is 6.92 Å². The number of hydrogen-bond acceptors (Lipinski definition) is 5. The van der Waals surface area contributed by atoms with Crippen LogP contribution in [0.5, 0.6) is 0 Å². The van der Waals surface area contributed by atoms with Crippen LogP contribution in [0.15, 0.2) is 42.7 Å². The highest BCUT2D eigenvalue weighted by Crippen LogP contribution is 2.34. The standard InChI is InChI=1S/C15H14N4S/c1-10-14(12-6-3-7-13(16-2)19-12)20-15(18-10)11-5-4-8-17-9-11/h3-9H,1-2H3,(H,16,19). The minimum absolute atomic E-state index is 0.859. The zero-order chi connectivity index (χ0) is 13.9. The molecule has 0 aliphatic rings. The molecule has 3 aromatic rings. The van der Waals surface area contributed by atoms with E-state index < -0.39 is 0 Å². The number of nitrogens with zero attached hydrogens (tertiary/aromatic N) is 3. The summed E-state index contributed by atoms with van der Waals surface area (Å²) in [6, 6.07) is 9.89. The number of hydrogen-bond donors (Lipinski definition) is 1.